The van der Waals surface area contributed by atoms with Crippen LogP contribution in [0.2, 0.25) is 0 Å². The van der Waals surface area contributed by atoms with Crippen LogP contribution in [0.1, 0.15) is 38.9 Å². The van der Waals surface area contributed by atoms with Crippen molar-refractivity contribution >= 4 is 0 Å². The first-order valence-electron chi connectivity index (χ1n) is 24.7. The number of halogens is 1. The van der Waals surface area contributed by atoms with E-state index in [9.17, 15) is 0 Å². The molecule has 2 saturated heterocycles. The van der Waals surface area contributed by atoms with Crippen LogP contribution in [-0.4, -0.2) is 74.7 Å². The van der Waals surface area contributed by atoms with Crippen LogP contribution in [0.25, 0.3) is 0 Å². The summed E-state index contributed by atoms with van der Waals surface area (Å²) in [5, 5.41) is 0. The minimum Gasteiger partial charge on any atom is -0.374 e. The first kappa shape index (κ1) is 51.0. The van der Waals surface area contributed by atoms with Gasteiger partial charge in [0.15, 0.2) is 6.29 Å². The van der Waals surface area contributed by atoms with Crippen molar-refractivity contribution in [1.29, 1.82) is 0 Å². The molecule has 7 aromatic carbocycles. The molecular weight excluding hydrogens is 912 g/mol. The topological polar surface area (TPSA) is 92.3 Å². The molecule has 0 aromatic heterocycles. The Bertz CT molecular complexity index is 2550. The van der Waals surface area contributed by atoms with Gasteiger partial charge in [0.2, 0.25) is 6.36 Å². The maximum absolute atomic E-state index is 17.0. The molecule has 11 heteroatoms. The Hall–Kier alpha value is -5.93. The molecule has 0 N–H and O–H groups in total. The summed E-state index contributed by atoms with van der Waals surface area (Å²) in [6.45, 7) is 1.57. The average Bonchev–Trinajstić information content (AvgIpc) is 3.43. The first-order chi connectivity index (χ1) is 35.6. The molecule has 10 atom stereocenters. The lowest BCUT2D eigenvalue weighted by atomic mass is 9.96. The Morgan fingerprint density at radius 1 is 0.292 bits per heavy atom. The summed E-state index contributed by atoms with van der Waals surface area (Å²) in [4.78, 5) is 0. The van der Waals surface area contributed by atoms with Gasteiger partial charge in [-0.1, -0.05) is 212 Å². The summed E-state index contributed by atoms with van der Waals surface area (Å²) < 4.78 is 84.9. The second-order valence-corrected chi connectivity index (χ2v) is 18.0. The Kier molecular flexibility index (Phi) is 19.3. The molecule has 9 rings (SSSR count). The van der Waals surface area contributed by atoms with Gasteiger partial charge in [-0.3, -0.25) is 0 Å². The van der Waals surface area contributed by atoms with Crippen LogP contribution in [-0.2, 0) is 93.6 Å². The maximum atomic E-state index is 17.0. The number of hydrogen-bond donors (Lipinski definition) is 0. The largest absolute Gasteiger partial charge is 0.374 e. The highest BCUT2D eigenvalue weighted by Gasteiger charge is 2.54. The zero-order valence-corrected chi connectivity index (χ0v) is 40.3. The molecule has 0 saturated carbocycles. The highest BCUT2D eigenvalue weighted by molar-refractivity contribution is 5.19. The van der Waals surface area contributed by atoms with Gasteiger partial charge in [-0.05, 0) is 38.9 Å². The minimum absolute atomic E-state index is 0.0425. The molecule has 0 unspecified atom stereocenters. The Balaban J connectivity index is 1.10. The van der Waals surface area contributed by atoms with Gasteiger partial charge < -0.3 is 47.4 Å². The third-order valence-corrected chi connectivity index (χ3v) is 12.7. The van der Waals surface area contributed by atoms with Crippen LogP contribution in [0.15, 0.2) is 212 Å². The second-order valence-electron chi connectivity index (χ2n) is 18.0. The normalized spacial score (nSPS) is 24.2. The van der Waals surface area contributed by atoms with Gasteiger partial charge in [0.05, 0.1) is 59.5 Å². The fourth-order valence-corrected chi connectivity index (χ4v) is 8.94. The van der Waals surface area contributed by atoms with Crippen molar-refractivity contribution in [3.8, 4) is 0 Å². The van der Waals surface area contributed by atoms with E-state index in [1.54, 1.807) is 0 Å². The van der Waals surface area contributed by atoms with Crippen LogP contribution in [0.3, 0.4) is 0 Å². The van der Waals surface area contributed by atoms with E-state index in [2.05, 4.69) is 0 Å². The fourth-order valence-electron chi connectivity index (χ4n) is 8.94. The first-order valence-corrected chi connectivity index (χ1v) is 24.7. The van der Waals surface area contributed by atoms with Gasteiger partial charge in [0.1, 0.15) is 48.8 Å². The smallest absolute Gasteiger partial charge is 0.228 e. The summed E-state index contributed by atoms with van der Waals surface area (Å²) in [5.74, 6) is 0. The van der Waals surface area contributed by atoms with Gasteiger partial charge in [0.25, 0.3) is 0 Å². The SMILES string of the molecule is F[C@H]1O[C@H](COCc2ccccc2)[C@@H](O[C@@H]2O[C@H](COCc3ccccc3)[C@H](OCc3ccccc3)[C@H](OCc3ccccc3)[C@H]2OCc2ccccc2)[C@H](OCc2ccccc2)[C@H]1OCc1ccccc1. The van der Waals surface area contributed by atoms with Crippen molar-refractivity contribution in [2.75, 3.05) is 13.2 Å². The summed E-state index contributed by atoms with van der Waals surface area (Å²) >= 11 is 0. The molecule has 0 spiro atoms. The highest BCUT2D eigenvalue weighted by atomic mass is 19.1. The molecule has 0 bridgehead atoms. The zero-order valence-electron chi connectivity index (χ0n) is 40.3. The molecule has 2 aliphatic rings. The van der Waals surface area contributed by atoms with E-state index in [0.717, 1.165) is 38.9 Å². The second kappa shape index (κ2) is 27.2. The minimum atomic E-state index is -1.91. The van der Waals surface area contributed by atoms with Crippen LogP contribution in [0, 0.1) is 0 Å². The van der Waals surface area contributed by atoms with Crippen LogP contribution < -0.4 is 0 Å². The van der Waals surface area contributed by atoms with Gasteiger partial charge in [-0.2, -0.15) is 0 Å². The Morgan fingerprint density at radius 3 is 0.931 bits per heavy atom. The number of benzene rings is 7. The van der Waals surface area contributed by atoms with Crippen LogP contribution in [0.5, 0.6) is 0 Å². The predicted octanol–water partition coefficient (Wildman–Crippen LogP) is 11.2. The predicted molar refractivity (Wildman–Crippen MR) is 271 cm³/mol. The molecule has 374 valence electrons. The molecule has 0 amide bonds. The quantitative estimate of drug-likeness (QED) is 0.0551. The Morgan fingerprint density at radius 2 is 0.569 bits per heavy atom. The summed E-state index contributed by atoms with van der Waals surface area (Å²) in [5.41, 5.74) is 6.56. The molecule has 2 aliphatic heterocycles. The van der Waals surface area contributed by atoms with Crippen molar-refractivity contribution in [2.24, 2.45) is 0 Å². The molecule has 0 radical (unpaired) electrons. The number of alkyl halides is 1. The lowest BCUT2D eigenvalue weighted by Crippen LogP contribution is -2.66. The van der Waals surface area contributed by atoms with Gasteiger partial charge >= 0.3 is 0 Å². The Labute approximate surface area is 422 Å². The van der Waals surface area contributed by atoms with E-state index in [0.29, 0.717) is 6.61 Å². The number of rotatable bonds is 25. The van der Waals surface area contributed by atoms with E-state index in [1.165, 1.54) is 0 Å². The third-order valence-electron chi connectivity index (χ3n) is 12.7. The summed E-state index contributed by atoms with van der Waals surface area (Å²) in [7, 11) is 0. The molecule has 0 aliphatic carbocycles. The number of hydrogen-bond acceptors (Lipinski definition) is 10. The van der Waals surface area contributed by atoms with E-state index in [4.69, 9.17) is 47.4 Å². The third kappa shape index (κ3) is 14.8. The maximum Gasteiger partial charge on any atom is 0.228 e. The van der Waals surface area contributed by atoms with E-state index in [1.807, 2.05) is 212 Å². The van der Waals surface area contributed by atoms with Crippen LogP contribution >= 0.6 is 0 Å². The van der Waals surface area contributed by atoms with E-state index < -0.39 is 61.5 Å². The summed E-state index contributed by atoms with van der Waals surface area (Å²) in [6, 6.07) is 69.0. The van der Waals surface area contributed by atoms with Gasteiger partial charge in [-0.15, -0.1) is 0 Å². The van der Waals surface area contributed by atoms with Crippen molar-refractivity contribution in [2.45, 2.75) is 108 Å². The van der Waals surface area contributed by atoms with Gasteiger partial charge in [-0.25, -0.2) is 4.39 Å². The molecule has 10 nitrogen and oxygen atoms in total. The van der Waals surface area contributed by atoms with Crippen molar-refractivity contribution in [3.63, 3.8) is 0 Å². The highest BCUT2D eigenvalue weighted by Crippen LogP contribution is 2.37. The number of ether oxygens (including phenoxy) is 10. The standard InChI is InChI=1S/C61H63FO10/c62-60-58(68-41-50-32-18-6-19-33-50)57(67-40-49-30-16-5-17-31-49)55(53(70-60)44-64-37-46-24-10-2-11-25-46)72-61-59(69-42-51-34-20-7-21-35-51)56(66-39-48-28-14-4-15-29-48)54(65-38-47-26-12-3-13-27-47)52(71-61)43-63-36-45-22-8-1-9-23-45/h1-35,52-61H,36-44H2/t52-,53-,54+,55-,56+,57+,58-,59-,60+,61+/m1/s1. The van der Waals surface area contributed by atoms with Crippen LogP contribution in [0.4, 0.5) is 4.39 Å². The molecule has 7 aromatic rings. The van der Waals surface area contributed by atoms with Crippen molar-refractivity contribution in [1.82, 2.24) is 0 Å². The summed E-state index contributed by atoms with van der Waals surface area (Å²) in [6.07, 6.45) is -10.6. The monoisotopic (exact) mass is 974 g/mol. The fraction of sp³-hybridized carbons (Fsp3) is 0.311. The molecule has 2 heterocycles. The zero-order chi connectivity index (χ0) is 49.0. The molecular formula is C61H63FO10. The van der Waals surface area contributed by atoms with Gasteiger partial charge in [0, 0.05) is 0 Å². The molecule has 72 heavy (non-hydrogen) atoms. The average molecular weight is 975 g/mol. The molecule has 2 fully saturated rings. The lowest BCUT2D eigenvalue weighted by molar-refractivity contribution is -0.369. The van der Waals surface area contributed by atoms with Crippen molar-refractivity contribution in [3.05, 3.63) is 251 Å². The van der Waals surface area contributed by atoms with E-state index >= 15 is 4.39 Å². The lowest BCUT2D eigenvalue weighted by Gasteiger charge is -2.49. The van der Waals surface area contributed by atoms with E-state index in [-0.39, 0.29) is 52.9 Å². The van der Waals surface area contributed by atoms with Crippen molar-refractivity contribution < 1.29 is 51.8 Å².